The molecule has 1 heterocycles. The van der Waals surface area contributed by atoms with Gasteiger partial charge in [0.2, 0.25) is 0 Å². The molecule has 0 saturated heterocycles. The van der Waals surface area contributed by atoms with E-state index in [2.05, 4.69) is 15.6 Å². The molecule has 0 aliphatic carbocycles. The number of para-hydroxylation sites is 1. The number of carbonyl (C=O) groups excluding carboxylic acids is 1. The van der Waals surface area contributed by atoms with E-state index in [4.69, 9.17) is 0 Å². The van der Waals surface area contributed by atoms with Crippen LogP contribution in [0.2, 0.25) is 0 Å². The molecule has 0 unspecified atom stereocenters. The molecule has 1 amide bonds. The Morgan fingerprint density at radius 2 is 1.83 bits per heavy atom. The second-order valence-corrected chi connectivity index (χ2v) is 5.06. The number of hydrogen-bond donors (Lipinski definition) is 1. The molecule has 0 bridgehead atoms. The van der Waals surface area contributed by atoms with E-state index < -0.39 is 11.7 Å². The van der Waals surface area contributed by atoms with Crippen molar-refractivity contribution < 1.29 is 13.6 Å². The number of anilines is 1. The highest BCUT2D eigenvalue weighted by Crippen LogP contribution is 2.17. The van der Waals surface area contributed by atoms with Gasteiger partial charge in [0.25, 0.3) is 5.91 Å². The molecule has 0 fully saturated rings. The van der Waals surface area contributed by atoms with Crippen molar-refractivity contribution in [1.29, 1.82) is 0 Å². The number of hydrogen-bond acceptors (Lipinski definition) is 3. The van der Waals surface area contributed by atoms with Crippen molar-refractivity contribution >= 4 is 11.6 Å². The van der Waals surface area contributed by atoms with E-state index >= 15 is 0 Å². The van der Waals surface area contributed by atoms with Gasteiger partial charge in [-0.3, -0.25) is 4.79 Å². The predicted molar refractivity (Wildman–Crippen MR) is 85.0 cm³/mol. The number of carbonyl (C=O) groups is 1. The summed E-state index contributed by atoms with van der Waals surface area (Å²) in [7, 11) is 0. The molecule has 3 rings (SSSR count). The van der Waals surface area contributed by atoms with Crippen LogP contribution >= 0.6 is 0 Å². The van der Waals surface area contributed by atoms with Gasteiger partial charge in [0.05, 0.1) is 17.1 Å². The van der Waals surface area contributed by atoms with E-state index in [0.29, 0.717) is 17.8 Å². The van der Waals surface area contributed by atoms with Gasteiger partial charge in [0.15, 0.2) is 5.69 Å². The second kappa shape index (κ2) is 6.57. The first kappa shape index (κ1) is 15.8. The van der Waals surface area contributed by atoms with Gasteiger partial charge in [-0.2, -0.15) is 0 Å². The van der Waals surface area contributed by atoms with Crippen molar-refractivity contribution in [3.63, 3.8) is 0 Å². The van der Waals surface area contributed by atoms with Crippen LogP contribution in [0.25, 0.3) is 5.69 Å². The van der Waals surface area contributed by atoms with Crippen LogP contribution in [-0.4, -0.2) is 20.9 Å². The standard InChI is InChI=1S/C17H14F2N4O/c1-2-15-16(17(24)20-14-6-4-3-5-13(14)19)21-22-23(15)12-9-7-11(18)8-10-12/h3-10H,2H2,1H3,(H,20,24). The summed E-state index contributed by atoms with van der Waals surface area (Å²) >= 11 is 0. The molecule has 7 heteroatoms. The van der Waals surface area contributed by atoms with E-state index in [9.17, 15) is 13.6 Å². The summed E-state index contributed by atoms with van der Waals surface area (Å²) < 4.78 is 28.2. The first-order valence-corrected chi connectivity index (χ1v) is 7.36. The third-order valence-electron chi connectivity index (χ3n) is 3.51. The van der Waals surface area contributed by atoms with Gasteiger partial charge in [-0.15, -0.1) is 5.10 Å². The van der Waals surface area contributed by atoms with Gasteiger partial charge in [0.1, 0.15) is 11.6 Å². The zero-order chi connectivity index (χ0) is 17.1. The number of benzene rings is 2. The van der Waals surface area contributed by atoms with Crippen molar-refractivity contribution in [3.8, 4) is 5.69 Å². The number of nitrogens with zero attached hydrogens (tertiary/aromatic N) is 3. The largest absolute Gasteiger partial charge is 0.318 e. The van der Waals surface area contributed by atoms with Crippen LogP contribution in [0.1, 0.15) is 23.1 Å². The van der Waals surface area contributed by atoms with Gasteiger partial charge < -0.3 is 5.32 Å². The van der Waals surface area contributed by atoms with Gasteiger partial charge in [-0.25, -0.2) is 13.5 Å². The lowest BCUT2D eigenvalue weighted by atomic mass is 10.2. The fraction of sp³-hybridized carbons (Fsp3) is 0.118. The minimum Gasteiger partial charge on any atom is -0.318 e. The maximum Gasteiger partial charge on any atom is 0.278 e. The maximum absolute atomic E-state index is 13.7. The smallest absolute Gasteiger partial charge is 0.278 e. The predicted octanol–water partition coefficient (Wildman–Crippen LogP) is 3.36. The van der Waals surface area contributed by atoms with Crippen LogP contribution in [0, 0.1) is 11.6 Å². The first-order chi connectivity index (χ1) is 11.6. The fourth-order valence-corrected chi connectivity index (χ4v) is 2.33. The van der Waals surface area contributed by atoms with Crippen LogP contribution in [-0.2, 0) is 6.42 Å². The van der Waals surface area contributed by atoms with Crippen molar-refractivity contribution in [1.82, 2.24) is 15.0 Å². The topological polar surface area (TPSA) is 59.8 Å². The Morgan fingerprint density at radius 1 is 1.12 bits per heavy atom. The Bertz CT molecular complexity index is 875. The van der Waals surface area contributed by atoms with Crippen molar-refractivity contribution in [2.24, 2.45) is 0 Å². The Kier molecular flexibility index (Phi) is 4.33. The molecule has 1 aromatic heterocycles. The summed E-state index contributed by atoms with van der Waals surface area (Å²) in [4.78, 5) is 12.4. The molecular formula is C17H14F2N4O. The number of amides is 1. The molecule has 2 aromatic carbocycles. The zero-order valence-electron chi connectivity index (χ0n) is 12.8. The minimum atomic E-state index is -0.551. The van der Waals surface area contributed by atoms with Crippen molar-refractivity contribution in [2.75, 3.05) is 5.32 Å². The molecule has 0 aliphatic rings. The van der Waals surface area contributed by atoms with Gasteiger partial charge in [0, 0.05) is 0 Å². The Balaban J connectivity index is 1.93. The number of rotatable bonds is 4. The Labute approximate surface area is 136 Å². The van der Waals surface area contributed by atoms with Gasteiger partial charge in [-0.05, 0) is 42.8 Å². The second-order valence-electron chi connectivity index (χ2n) is 5.06. The molecule has 122 valence electrons. The highest BCUT2D eigenvalue weighted by atomic mass is 19.1. The summed E-state index contributed by atoms with van der Waals surface area (Å²) in [5.41, 5.74) is 1.31. The molecule has 24 heavy (non-hydrogen) atoms. The fourth-order valence-electron chi connectivity index (χ4n) is 2.33. The quantitative estimate of drug-likeness (QED) is 0.799. The van der Waals surface area contributed by atoms with Gasteiger partial charge in [-0.1, -0.05) is 24.3 Å². The molecule has 5 nitrogen and oxygen atoms in total. The Hall–Kier alpha value is -3.09. The van der Waals surface area contributed by atoms with Crippen molar-refractivity contribution in [3.05, 3.63) is 71.6 Å². The van der Waals surface area contributed by atoms with Crippen LogP contribution in [0.15, 0.2) is 48.5 Å². The average Bonchev–Trinajstić information content (AvgIpc) is 3.01. The number of aromatic nitrogens is 3. The molecule has 0 saturated carbocycles. The molecular weight excluding hydrogens is 314 g/mol. The third kappa shape index (κ3) is 3.01. The SMILES string of the molecule is CCc1c(C(=O)Nc2ccccc2F)nnn1-c1ccc(F)cc1. The minimum absolute atomic E-state index is 0.0703. The van der Waals surface area contributed by atoms with Crippen LogP contribution < -0.4 is 5.32 Å². The highest BCUT2D eigenvalue weighted by Gasteiger charge is 2.20. The molecule has 0 spiro atoms. The average molecular weight is 328 g/mol. The zero-order valence-corrected chi connectivity index (χ0v) is 12.8. The molecule has 3 aromatic rings. The van der Waals surface area contributed by atoms with Crippen LogP contribution in [0.4, 0.5) is 14.5 Å². The maximum atomic E-state index is 13.7. The summed E-state index contributed by atoms with van der Waals surface area (Å²) in [6.07, 6.45) is 0.477. The first-order valence-electron chi connectivity index (χ1n) is 7.36. The Morgan fingerprint density at radius 3 is 2.50 bits per heavy atom. The lowest BCUT2D eigenvalue weighted by molar-refractivity contribution is 0.102. The molecule has 0 radical (unpaired) electrons. The van der Waals surface area contributed by atoms with Crippen molar-refractivity contribution in [2.45, 2.75) is 13.3 Å². The summed E-state index contributed by atoms with van der Waals surface area (Å²) in [6, 6.07) is 11.6. The lowest BCUT2D eigenvalue weighted by Crippen LogP contribution is -2.16. The molecule has 0 aliphatic heterocycles. The third-order valence-corrected chi connectivity index (χ3v) is 3.51. The van der Waals surface area contributed by atoms with E-state index in [1.807, 2.05) is 6.92 Å². The highest BCUT2D eigenvalue weighted by molar-refractivity contribution is 6.03. The van der Waals surface area contributed by atoms with Gasteiger partial charge >= 0.3 is 0 Å². The molecule has 1 N–H and O–H groups in total. The van der Waals surface area contributed by atoms with E-state index in [0.717, 1.165) is 0 Å². The summed E-state index contributed by atoms with van der Waals surface area (Å²) in [6.45, 7) is 1.85. The van der Waals surface area contributed by atoms with Crippen LogP contribution in [0.3, 0.4) is 0 Å². The van der Waals surface area contributed by atoms with E-state index in [1.165, 1.54) is 35.0 Å². The summed E-state index contributed by atoms with van der Waals surface area (Å²) in [5, 5.41) is 10.3. The van der Waals surface area contributed by atoms with Crippen LogP contribution in [0.5, 0.6) is 0 Å². The normalized spacial score (nSPS) is 10.6. The lowest BCUT2D eigenvalue weighted by Gasteiger charge is -2.07. The summed E-state index contributed by atoms with van der Waals surface area (Å²) in [5.74, 6) is -1.45. The number of halogens is 2. The van der Waals surface area contributed by atoms with E-state index in [-0.39, 0.29) is 17.2 Å². The monoisotopic (exact) mass is 328 g/mol. The number of nitrogens with one attached hydrogen (secondary N) is 1. The van der Waals surface area contributed by atoms with E-state index in [1.54, 1.807) is 18.2 Å². The molecule has 0 atom stereocenters.